The topological polar surface area (TPSA) is 96.7 Å². The second-order valence-electron chi connectivity index (χ2n) is 4.44. The number of aromatic nitrogens is 3. The van der Waals surface area contributed by atoms with Gasteiger partial charge in [-0.25, -0.2) is 5.10 Å². The minimum absolute atomic E-state index is 0.00527. The summed E-state index contributed by atoms with van der Waals surface area (Å²) in [4.78, 5) is 15.9. The van der Waals surface area contributed by atoms with Gasteiger partial charge in [0.1, 0.15) is 0 Å². The number of hydrogen-bond acceptors (Lipinski definition) is 5. The van der Waals surface area contributed by atoms with Gasteiger partial charge >= 0.3 is 6.18 Å². The van der Waals surface area contributed by atoms with Crippen LogP contribution in [0.4, 0.5) is 24.8 Å². The number of nitrogen functional groups attached to an aromatic ring is 1. The van der Waals surface area contributed by atoms with Crippen LogP contribution in [0.2, 0.25) is 5.02 Å². The van der Waals surface area contributed by atoms with Crippen molar-refractivity contribution >= 4 is 40.9 Å². The normalized spacial score (nSPS) is 12.9. The predicted octanol–water partition coefficient (Wildman–Crippen LogP) is 3.18. The fourth-order valence-corrected chi connectivity index (χ4v) is 2.45. The zero-order valence-corrected chi connectivity index (χ0v) is 13.2. The van der Waals surface area contributed by atoms with Crippen LogP contribution in [0.3, 0.4) is 0 Å². The molecule has 0 aliphatic rings. The number of carbonyl (C=O) groups is 1. The summed E-state index contributed by atoms with van der Waals surface area (Å²) in [5.41, 5.74) is 4.34. The van der Waals surface area contributed by atoms with Crippen LogP contribution in [-0.2, 0) is 11.0 Å². The van der Waals surface area contributed by atoms with Crippen molar-refractivity contribution in [1.82, 2.24) is 15.2 Å². The molecule has 23 heavy (non-hydrogen) atoms. The van der Waals surface area contributed by atoms with E-state index in [-0.39, 0.29) is 21.8 Å². The predicted molar refractivity (Wildman–Crippen MR) is 81.2 cm³/mol. The summed E-state index contributed by atoms with van der Waals surface area (Å²) in [6.45, 7) is 1.55. The van der Waals surface area contributed by atoms with Gasteiger partial charge in [0, 0.05) is 0 Å². The van der Waals surface area contributed by atoms with Gasteiger partial charge in [-0.1, -0.05) is 23.4 Å². The lowest BCUT2D eigenvalue weighted by Crippen LogP contribution is -2.23. The smallest absolute Gasteiger partial charge is 0.368 e. The lowest BCUT2D eigenvalue weighted by Gasteiger charge is -2.13. The molecule has 0 saturated heterocycles. The van der Waals surface area contributed by atoms with Crippen LogP contribution in [0, 0.1) is 0 Å². The van der Waals surface area contributed by atoms with Crippen molar-refractivity contribution in [2.24, 2.45) is 0 Å². The van der Waals surface area contributed by atoms with E-state index in [4.69, 9.17) is 17.3 Å². The van der Waals surface area contributed by atoms with Gasteiger partial charge in [-0.2, -0.15) is 18.2 Å². The Morgan fingerprint density at radius 2 is 2.17 bits per heavy atom. The number of halogens is 4. The monoisotopic (exact) mass is 365 g/mol. The summed E-state index contributed by atoms with van der Waals surface area (Å²) in [6, 6.07) is 2.70. The van der Waals surface area contributed by atoms with Crippen LogP contribution in [0.25, 0.3) is 0 Å². The fourth-order valence-electron chi connectivity index (χ4n) is 1.55. The van der Waals surface area contributed by atoms with Crippen molar-refractivity contribution in [2.75, 3.05) is 11.1 Å². The molecular weight excluding hydrogens is 355 g/mol. The number of rotatable bonds is 4. The van der Waals surface area contributed by atoms with Crippen LogP contribution in [0.5, 0.6) is 0 Å². The summed E-state index contributed by atoms with van der Waals surface area (Å²) in [6.07, 6.45) is -4.53. The maximum absolute atomic E-state index is 12.7. The first-order chi connectivity index (χ1) is 10.7. The number of thioether (sulfide) groups is 1. The number of aromatic amines is 1. The van der Waals surface area contributed by atoms with Crippen molar-refractivity contribution in [3.63, 3.8) is 0 Å². The van der Waals surface area contributed by atoms with Gasteiger partial charge in [0.15, 0.2) is 0 Å². The maximum atomic E-state index is 12.7. The van der Waals surface area contributed by atoms with Crippen LogP contribution in [0.15, 0.2) is 23.4 Å². The number of anilines is 2. The van der Waals surface area contributed by atoms with Gasteiger partial charge in [0.05, 0.1) is 21.5 Å². The fraction of sp³-hybridized carbons (Fsp3) is 0.250. The van der Waals surface area contributed by atoms with E-state index in [1.165, 1.54) is 0 Å². The highest BCUT2D eigenvalue weighted by molar-refractivity contribution is 8.00. The summed E-state index contributed by atoms with van der Waals surface area (Å²) in [5.74, 6) is -0.444. The molecular formula is C12H11ClF3N5OS. The number of H-pyrrole nitrogens is 1. The van der Waals surface area contributed by atoms with E-state index in [2.05, 4.69) is 20.5 Å². The van der Waals surface area contributed by atoms with Gasteiger partial charge < -0.3 is 11.1 Å². The molecule has 11 heteroatoms. The second-order valence-corrected chi connectivity index (χ2v) is 6.16. The standard InChI is InChI=1S/C12H11ClF3N5OS/c1-5(23-11-19-10(17)20-21-11)9(22)18-8-4-6(12(14,15)16)2-3-7(8)13/h2-5H,1H3,(H,18,22)(H3,17,19,20,21). The van der Waals surface area contributed by atoms with Crippen molar-refractivity contribution in [2.45, 2.75) is 23.5 Å². The SMILES string of the molecule is CC(Sc1n[nH]c(N)n1)C(=O)Nc1cc(C(F)(F)F)ccc1Cl. The van der Waals surface area contributed by atoms with Gasteiger partial charge in [-0.15, -0.1) is 5.10 Å². The van der Waals surface area contributed by atoms with E-state index in [0.29, 0.717) is 0 Å². The first-order valence-corrected chi connectivity index (χ1v) is 7.44. The number of nitrogens with one attached hydrogen (secondary N) is 2. The average molecular weight is 366 g/mol. The third-order valence-corrected chi connectivity index (χ3v) is 3.98. The second kappa shape index (κ2) is 6.67. The molecule has 1 aromatic heterocycles. The Kier molecular flexibility index (Phi) is 5.05. The van der Waals surface area contributed by atoms with Crippen molar-refractivity contribution in [3.8, 4) is 0 Å². The number of hydrogen-bond donors (Lipinski definition) is 3. The Labute approximate surface area is 138 Å². The molecule has 0 aliphatic heterocycles. The number of nitrogens with zero attached hydrogens (tertiary/aromatic N) is 2. The van der Waals surface area contributed by atoms with Gasteiger partial charge in [-0.3, -0.25) is 4.79 Å². The van der Waals surface area contributed by atoms with Crippen LogP contribution < -0.4 is 11.1 Å². The molecule has 6 nitrogen and oxygen atoms in total. The molecule has 0 spiro atoms. The summed E-state index contributed by atoms with van der Waals surface area (Å²) >= 11 is 6.82. The number of alkyl halides is 3. The highest BCUT2D eigenvalue weighted by Gasteiger charge is 2.31. The quantitative estimate of drug-likeness (QED) is 0.723. The molecule has 1 aromatic carbocycles. The molecule has 2 aromatic rings. The van der Waals surface area contributed by atoms with E-state index >= 15 is 0 Å². The number of nitrogens with two attached hydrogens (primary N) is 1. The molecule has 1 amide bonds. The molecule has 1 heterocycles. The zero-order valence-electron chi connectivity index (χ0n) is 11.6. The first-order valence-electron chi connectivity index (χ1n) is 6.19. The maximum Gasteiger partial charge on any atom is 0.416 e. The number of benzene rings is 1. The van der Waals surface area contributed by atoms with Crippen molar-refractivity contribution < 1.29 is 18.0 Å². The molecule has 0 bridgehead atoms. The molecule has 4 N–H and O–H groups in total. The van der Waals surface area contributed by atoms with E-state index in [0.717, 1.165) is 30.0 Å². The third-order valence-electron chi connectivity index (χ3n) is 2.69. The van der Waals surface area contributed by atoms with Crippen molar-refractivity contribution in [1.29, 1.82) is 0 Å². The van der Waals surface area contributed by atoms with Crippen LogP contribution in [-0.4, -0.2) is 26.3 Å². The largest absolute Gasteiger partial charge is 0.416 e. The van der Waals surface area contributed by atoms with Crippen molar-refractivity contribution in [3.05, 3.63) is 28.8 Å². The lowest BCUT2D eigenvalue weighted by molar-refractivity contribution is -0.137. The Morgan fingerprint density at radius 1 is 1.48 bits per heavy atom. The summed E-state index contributed by atoms with van der Waals surface area (Å²) in [5, 5.41) is 8.12. The summed E-state index contributed by atoms with van der Waals surface area (Å²) < 4.78 is 38.1. The minimum atomic E-state index is -4.53. The number of amides is 1. The molecule has 1 unspecified atom stereocenters. The molecule has 0 aliphatic carbocycles. The number of carbonyl (C=O) groups excluding carboxylic acids is 1. The molecule has 0 fully saturated rings. The average Bonchev–Trinajstić information content (AvgIpc) is 2.85. The lowest BCUT2D eigenvalue weighted by atomic mass is 10.2. The van der Waals surface area contributed by atoms with E-state index in [9.17, 15) is 18.0 Å². The Bertz CT molecular complexity index is 721. The highest BCUT2D eigenvalue weighted by Crippen LogP contribution is 2.34. The highest BCUT2D eigenvalue weighted by atomic mass is 35.5. The Balaban J connectivity index is 2.10. The Morgan fingerprint density at radius 3 is 2.74 bits per heavy atom. The zero-order chi connectivity index (χ0) is 17.2. The first kappa shape index (κ1) is 17.4. The minimum Gasteiger partial charge on any atom is -0.368 e. The molecule has 1 atom stereocenters. The van der Waals surface area contributed by atoms with E-state index in [1.807, 2.05) is 0 Å². The third kappa shape index (κ3) is 4.52. The van der Waals surface area contributed by atoms with E-state index < -0.39 is 22.9 Å². The van der Waals surface area contributed by atoms with Gasteiger partial charge in [0.2, 0.25) is 17.0 Å². The summed E-state index contributed by atoms with van der Waals surface area (Å²) in [7, 11) is 0. The van der Waals surface area contributed by atoms with Gasteiger partial charge in [0.25, 0.3) is 0 Å². The van der Waals surface area contributed by atoms with Gasteiger partial charge in [-0.05, 0) is 25.1 Å². The Hall–Kier alpha value is -1.94. The molecule has 0 radical (unpaired) electrons. The van der Waals surface area contributed by atoms with Crippen LogP contribution in [0.1, 0.15) is 12.5 Å². The van der Waals surface area contributed by atoms with Crippen LogP contribution >= 0.6 is 23.4 Å². The molecule has 0 saturated carbocycles. The molecule has 124 valence electrons. The molecule has 2 rings (SSSR count). The van der Waals surface area contributed by atoms with E-state index in [1.54, 1.807) is 6.92 Å².